The number of hydrogen-bond acceptors (Lipinski definition) is 5. The third-order valence-electron chi connectivity index (χ3n) is 4.80. The predicted molar refractivity (Wildman–Crippen MR) is 97.8 cm³/mol. The summed E-state index contributed by atoms with van der Waals surface area (Å²) in [6.07, 6.45) is 3.17. The number of pyridine rings is 1. The molecule has 0 bridgehead atoms. The molecule has 1 amide bonds. The quantitative estimate of drug-likeness (QED) is 0.685. The molecule has 0 saturated heterocycles. The molecule has 3 heterocycles. The predicted octanol–water partition coefficient (Wildman–Crippen LogP) is 3.92. The van der Waals surface area contributed by atoms with Crippen LogP contribution in [0.3, 0.4) is 0 Å². The number of hydrogen-bond donors (Lipinski definition) is 1. The Balaban J connectivity index is 1.63. The lowest BCUT2D eigenvalue weighted by Gasteiger charge is -2.19. The van der Waals surface area contributed by atoms with Crippen LogP contribution in [0.2, 0.25) is 5.02 Å². The van der Waals surface area contributed by atoms with E-state index in [0.717, 1.165) is 0 Å². The molecular formula is C18H15ClF3N5O2. The molecular weight excluding hydrogens is 411 g/mol. The van der Waals surface area contributed by atoms with Crippen molar-refractivity contribution in [1.82, 2.24) is 19.6 Å². The van der Waals surface area contributed by atoms with Gasteiger partial charge >= 0.3 is 6.61 Å². The summed E-state index contributed by atoms with van der Waals surface area (Å²) in [4.78, 5) is 20.8. The molecule has 29 heavy (non-hydrogen) atoms. The number of alkyl halides is 2. The molecule has 11 heteroatoms. The molecule has 0 fully saturated rings. The maximum absolute atomic E-state index is 13.6. The summed E-state index contributed by atoms with van der Waals surface area (Å²) >= 11 is 5.88. The van der Waals surface area contributed by atoms with Crippen LogP contribution in [-0.4, -0.2) is 32.1 Å². The van der Waals surface area contributed by atoms with Gasteiger partial charge in [0.25, 0.3) is 0 Å². The van der Waals surface area contributed by atoms with Crippen LogP contribution in [0.4, 0.5) is 18.9 Å². The van der Waals surface area contributed by atoms with Crippen molar-refractivity contribution in [3.8, 4) is 5.88 Å². The molecule has 0 saturated carbocycles. The Morgan fingerprint density at radius 2 is 2.10 bits per heavy atom. The molecule has 4 rings (SSSR count). The molecule has 1 aliphatic rings. The highest BCUT2D eigenvalue weighted by Gasteiger charge is 2.43. The summed E-state index contributed by atoms with van der Waals surface area (Å²) in [7, 11) is 0. The second-order valence-electron chi connectivity index (χ2n) is 7.32. The summed E-state index contributed by atoms with van der Waals surface area (Å²) in [5, 5.41) is 6.37. The second-order valence-corrected chi connectivity index (χ2v) is 7.73. The number of anilines is 1. The van der Waals surface area contributed by atoms with E-state index in [-0.39, 0.29) is 16.6 Å². The molecule has 0 aromatic carbocycles. The lowest BCUT2D eigenvalue weighted by molar-refractivity contribution is -0.117. The van der Waals surface area contributed by atoms with Crippen LogP contribution < -0.4 is 10.1 Å². The van der Waals surface area contributed by atoms with Crippen molar-refractivity contribution in [2.24, 2.45) is 0 Å². The second kappa shape index (κ2) is 6.87. The molecule has 0 radical (unpaired) electrons. The van der Waals surface area contributed by atoms with E-state index in [1.807, 2.05) is 13.8 Å². The van der Waals surface area contributed by atoms with Crippen LogP contribution in [0.25, 0.3) is 5.65 Å². The number of fused-ring (bicyclic) bond motifs is 3. The van der Waals surface area contributed by atoms with Gasteiger partial charge in [-0.2, -0.15) is 13.2 Å². The number of ether oxygens (including phenoxy) is 1. The summed E-state index contributed by atoms with van der Waals surface area (Å²) in [6, 6.07) is 2.50. The lowest BCUT2D eigenvalue weighted by atomic mass is 9.88. The van der Waals surface area contributed by atoms with Gasteiger partial charge < -0.3 is 10.1 Å². The zero-order valence-electron chi connectivity index (χ0n) is 15.3. The normalized spacial score (nSPS) is 17.6. The Morgan fingerprint density at radius 1 is 1.34 bits per heavy atom. The Morgan fingerprint density at radius 3 is 2.79 bits per heavy atom. The van der Waals surface area contributed by atoms with Crippen molar-refractivity contribution < 1.29 is 22.7 Å². The van der Waals surface area contributed by atoms with Crippen LogP contribution in [0.15, 0.2) is 24.5 Å². The Kier molecular flexibility index (Phi) is 4.60. The lowest BCUT2D eigenvalue weighted by Crippen LogP contribution is -2.21. The fourth-order valence-corrected chi connectivity index (χ4v) is 3.91. The largest absolute Gasteiger partial charge is 0.415 e. The minimum Gasteiger partial charge on any atom is -0.415 e. The van der Waals surface area contributed by atoms with Crippen LogP contribution in [0.1, 0.15) is 37.4 Å². The van der Waals surface area contributed by atoms with Crippen molar-refractivity contribution in [1.29, 1.82) is 0 Å². The van der Waals surface area contributed by atoms with Gasteiger partial charge in [-0.05, 0) is 12.5 Å². The molecule has 152 valence electrons. The van der Waals surface area contributed by atoms with Gasteiger partial charge in [-0.1, -0.05) is 25.4 Å². The third kappa shape index (κ3) is 3.48. The number of carbonyl (C=O) groups excluding carboxylic acids is 1. The summed E-state index contributed by atoms with van der Waals surface area (Å²) in [6.45, 7) is 0.814. The topological polar surface area (TPSA) is 81.4 Å². The van der Waals surface area contributed by atoms with E-state index < -0.39 is 29.8 Å². The van der Waals surface area contributed by atoms with Crippen LogP contribution >= 0.6 is 11.6 Å². The Labute approximate surface area is 167 Å². The molecule has 7 nitrogen and oxygen atoms in total. The summed E-state index contributed by atoms with van der Waals surface area (Å²) in [5.74, 6) is -2.01. The minimum atomic E-state index is -3.06. The Bertz CT molecular complexity index is 1120. The molecule has 0 spiro atoms. The zero-order chi connectivity index (χ0) is 20.9. The van der Waals surface area contributed by atoms with E-state index in [0.29, 0.717) is 23.3 Å². The molecule has 0 aliphatic heterocycles. The van der Waals surface area contributed by atoms with Crippen molar-refractivity contribution in [3.05, 3.63) is 46.8 Å². The van der Waals surface area contributed by atoms with Crippen molar-refractivity contribution in [2.45, 2.75) is 38.2 Å². The first kappa shape index (κ1) is 19.4. The first-order valence-electron chi connectivity index (χ1n) is 8.61. The zero-order valence-corrected chi connectivity index (χ0v) is 16.0. The number of nitrogens with zero attached hydrogens (tertiary/aromatic N) is 4. The first-order chi connectivity index (χ1) is 13.7. The van der Waals surface area contributed by atoms with Crippen molar-refractivity contribution in [2.75, 3.05) is 5.32 Å². The highest BCUT2D eigenvalue weighted by atomic mass is 35.5. The fourth-order valence-electron chi connectivity index (χ4n) is 3.70. The number of aromatic nitrogens is 4. The average molecular weight is 426 g/mol. The molecule has 0 unspecified atom stereocenters. The van der Waals surface area contributed by atoms with Crippen molar-refractivity contribution >= 4 is 28.8 Å². The van der Waals surface area contributed by atoms with E-state index in [1.54, 1.807) is 6.20 Å². The smallest absolute Gasteiger partial charge is 0.388 e. The average Bonchev–Trinajstić information content (AvgIpc) is 3.13. The van der Waals surface area contributed by atoms with E-state index in [9.17, 15) is 18.0 Å². The third-order valence-corrected chi connectivity index (χ3v) is 5.08. The SMILES string of the molecule is CC1(C)C[C@@H](C(=O)Nc2cnc(OC(F)F)c(Cl)c2)c2cnc3cc(F)nn3c21. The van der Waals surface area contributed by atoms with Crippen molar-refractivity contribution in [3.63, 3.8) is 0 Å². The number of rotatable bonds is 4. The maximum atomic E-state index is 13.6. The highest BCUT2D eigenvalue weighted by Crippen LogP contribution is 2.46. The fraction of sp³-hybridized carbons (Fsp3) is 0.333. The molecule has 1 N–H and O–H groups in total. The number of amides is 1. The minimum absolute atomic E-state index is 0.161. The molecule has 3 aromatic rings. The summed E-state index contributed by atoms with van der Waals surface area (Å²) in [5.41, 5.74) is 1.48. The number of halogens is 4. The van der Waals surface area contributed by atoms with Gasteiger partial charge in [-0.15, -0.1) is 5.10 Å². The van der Waals surface area contributed by atoms with Gasteiger partial charge in [0, 0.05) is 23.2 Å². The molecule has 1 aliphatic carbocycles. The van der Waals surface area contributed by atoms with E-state index in [1.165, 1.54) is 22.8 Å². The standard InChI is InChI=1S/C18H15ClF3N5O2/c1-18(2)5-9(10-7-23-13-4-12(20)26-27(13)14(10)18)15(28)25-8-3-11(19)16(24-6-8)29-17(21)22/h3-4,6-7,9,17H,5H2,1-2H3,(H,25,28)/t9-/m1/s1. The summed E-state index contributed by atoms with van der Waals surface area (Å²) < 4.78 is 43.8. The number of nitrogens with one attached hydrogen (secondary N) is 1. The molecule has 3 aromatic heterocycles. The van der Waals surface area contributed by atoms with Crippen LogP contribution in [-0.2, 0) is 10.2 Å². The van der Waals surface area contributed by atoms with Gasteiger partial charge in [-0.3, -0.25) is 4.79 Å². The first-order valence-corrected chi connectivity index (χ1v) is 8.99. The van der Waals surface area contributed by atoms with Crippen LogP contribution in [0.5, 0.6) is 5.88 Å². The van der Waals surface area contributed by atoms with E-state index in [4.69, 9.17) is 11.6 Å². The van der Waals surface area contributed by atoms with Gasteiger partial charge in [0.05, 0.1) is 23.5 Å². The highest BCUT2D eigenvalue weighted by molar-refractivity contribution is 6.32. The van der Waals surface area contributed by atoms with Gasteiger partial charge in [0.1, 0.15) is 5.02 Å². The van der Waals surface area contributed by atoms with Crippen LogP contribution in [0, 0.1) is 5.95 Å². The van der Waals surface area contributed by atoms with Gasteiger partial charge in [0.2, 0.25) is 17.7 Å². The monoisotopic (exact) mass is 425 g/mol. The van der Waals surface area contributed by atoms with E-state index in [2.05, 4.69) is 25.1 Å². The maximum Gasteiger partial charge on any atom is 0.388 e. The van der Waals surface area contributed by atoms with E-state index >= 15 is 0 Å². The van der Waals surface area contributed by atoms with Gasteiger partial charge in [-0.25, -0.2) is 14.5 Å². The Hall–Kier alpha value is -2.88. The number of carbonyl (C=O) groups is 1. The molecule has 1 atom stereocenters. The van der Waals surface area contributed by atoms with Gasteiger partial charge in [0.15, 0.2) is 5.65 Å².